The summed E-state index contributed by atoms with van der Waals surface area (Å²) in [6.45, 7) is 7.18. The molecule has 2 amide bonds. The number of ether oxygens (including phenoxy) is 1. The summed E-state index contributed by atoms with van der Waals surface area (Å²) in [5.41, 5.74) is 6.30. The molecule has 1 rings (SSSR count). The topological polar surface area (TPSA) is 96.7 Å². The number of likely N-dealkylation sites (N-methyl/N-ethyl adjacent to an activating group) is 1. The summed E-state index contributed by atoms with van der Waals surface area (Å²) in [7, 11) is 0. The average Bonchev–Trinajstić information content (AvgIpc) is 2.54. The van der Waals surface area contributed by atoms with Crippen LogP contribution in [0.5, 0.6) is 5.75 Å². The van der Waals surface area contributed by atoms with Crippen molar-refractivity contribution in [1.29, 1.82) is 0 Å². The van der Waals surface area contributed by atoms with E-state index in [9.17, 15) is 9.59 Å². The maximum Gasteiger partial charge on any atom is 0.255 e. The fourth-order valence-electron chi connectivity index (χ4n) is 1.98. The number of nitrogen functional groups attached to an aromatic ring is 1. The van der Waals surface area contributed by atoms with Crippen molar-refractivity contribution in [2.75, 3.05) is 38.6 Å². The highest BCUT2D eigenvalue weighted by atomic mass is 35.5. The van der Waals surface area contributed by atoms with Crippen molar-refractivity contribution in [3.63, 3.8) is 0 Å². The molecule has 0 saturated carbocycles. The maximum absolute atomic E-state index is 12.3. The van der Waals surface area contributed by atoms with Crippen LogP contribution >= 0.6 is 11.6 Å². The summed E-state index contributed by atoms with van der Waals surface area (Å²) in [6.07, 6.45) is 0.503. The largest absolute Gasteiger partial charge is 0.472 e. The quantitative estimate of drug-likeness (QED) is 0.256. The molecule has 0 bridgehead atoms. The molecule has 0 aromatic heterocycles. The fraction of sp³-hybridized carbons (Fsp3) is 0.467. The van der Waals surface area contributed by atoms with Crippen LogP contribution in [-0.2, 0) is 4.79 Å². The van der Waals surface area contributed by atoms with Crippen LogP contribution in [0.3, 0.4) is 0 Å². The van der Waals surface area contributed by atoms with Crippen LogP contribution in [0.1, 0.15) is 24.2 Å². The molecule has 0 spiro atoms. The molecule has 0 radical (unpaired) electrons. The van der Waals surface area contributed by atoms with Gasteiger partial charge in [-0.05, 0) is 19.2 Å². The highest BCUT2D eigenvalue weighted by Gasteiger charge is 2.15. The first-order valence-corrected chi connectivity index (χ1v) is 7.80. The molecule has 0 aliphatic carbocycles. The Labute approximate surface area is 141 Å². The van der Waals surface area contributed by atoms with E-state index in [0.717, 1.165) is 19.6 Å². The van der Waals surface area contributed by atoms with Gasteiger partial charge >= 0.3 is 0 Å². The van der Waals surface area contributed by atoms with Crippen molar-refractivity contribution < 1.29 is 14.3 Å². The number of nitrogens with two attached hydrogens (primary N) is 1. The summed E-state index contributed by atoms with van der Waals surface area (Å²) in [4.78, 5) is 24.8. The molecule has 128 valence electrons. The van der Waals surface area contributed by atoms with E-state index in [1.165, 1.54) is 12.1 Å². The van der Waals surface area contributed by atoms with Gasteiger partial charge in [-0.2, -0.15) is 0 Å². The number of carbonyl (C=O) groups is 2. The molecule has 1 aromatic rings. The molecule has 1 aromatic carbocycles. The Morgan fingerprint density at radius 2 is 2.09 bits per heavy atom. The Morgan fingerprint density at radius 1 is 1.39 bits per heavy atom. The number of rotatable bonds is 10. The smallest absolute Gasteiger partial charge is 0.255 e. The molecular weight excluding hydrogens is 320 g/mol. The minimum Gasteiger partial charge on any atom is -0.472 e. The molecule has 0 heterocycles. The third kappa shape index (κ3) is 5.96. The van der Waals surface area contributed by atoms with E-state index in [1.807, 2.05) is 0 Å². The molecule has 8 heteroatoms. The van der Waals surface area contributed by atoms with Gasteiger partial charge in [0.05, 0.1) is 16.3 Å². The third-order valence-corrected chi connectivity index (χ3v) is 3.67. The lowest BCUT2D eigenvalue weighted by atomic mass is 10.1. The van der Waals surface area contributed by atoms with Crippen LogP contribution in [-0.4, -0.2) is 50.1 Å². The maximum atomic E-state index is 12.3. The van der Waals surface area contributed by atoms with Gasteiger partial charge in [0.25, 0.3) is 5.91 Å². The highest BCUT2D eigenvalue weighted by Crippen LogP contribution is 2.28. The number of nitrogens with one attached hydrogen (secondary N) is 2. The molecule has 0 aliphatic heterocycles. The number of halogens is 1. The fourth-order valence-corrected chi connectivity index (χ4v) is 2.15. The van der Waals surface area contributed by atoms with Crippen LogP contribution in [0, 0.1) is 0 Å². The SMILES string of the molecule is CCN(CC)CCNC(=O)c1cc(Cl)c(N)cc1OCNC=O. The van der Waals surface area contributed by atoms with Crippen LogP contribution in [0.15, 0.2) is 12.1 Å². The van der Waals surface area contributed by atoms with E-state index in [0.29, 0.717) is 18.6 Å². The Hall–Kier alpha value is -1.99. The molecule has 7 nitrogen and oxygen atoms in total. The number of anilines is 1. The summed E-state index contributed by atoms with van der Waals surface area (Å²) < 4.78 is 5.35. The second-order valence-corrected chi connectivity index (χ2v) is 5.17. The minimum absolute atomic E-state index is 0.0652. The van der Waals surface area contributed by atoms with Gasteiger partial charge in [-0.1, -0.05) is 25.4 Å². The first-order chi connectivity index (χ1) is 11.0. The Balaban J connectivity index is 2.76. The van der Waals surface area contributed by atoms with Gasteiger partial charge in [0, 0.05) is 19.2 Å². The van der Waals surface area contributed by atoms with E-state index >= 15 is 0 Å². The molecule has 0 saturated heterocycles. The van der Waals surface area contributed by atoms with Gasteiger partial charge in [-0.15, -0.1) is 0 Å². The van der Waals surface area contributed by atoms with Gasteiger partial charge in [-0.3, -0.25) is 9.59 Å². The predicted molar refractivity (Wildman–Crippen MR) is 90.7 cm³/mol. The van der Waals surface area contributed by atoms with Gasteiger partial charge in [0.2, 0.25) is 6.41 Å². The lowest BCUT2D eigenvalue weighted by Gasteiger charge is -2.18. The summed E-state index contributed by atoms with van der Waals surface area (Å²) in [5, 5.41) is 5.45. The lowest BCUT2D eigenvalue weighted by molar-refractivity contribution is -0.110. The number of amides is 2. The van der Waals surface area contributed by atoms with Gasteiger partial charge in [0.1, 0.15) is 5.75 Å². The number of carbonyl (C=O) groups excluding carboxylic acids is 2. The second-order valence-electron chi connectivity index (χ2n) is 4.76. The molecule has 23 heavy (non-hydrogen) atoms. The zero-order valence-electron chi connectivity index (χ0n) is 13.4. The zero-order valence-corrected chi connectivity index (χ0v) is 14.2. The number of benzene rings is 1. The summed E-state index contributed by atoms with van der Waals surface area (Å²) in [6, 6.07) is 2.92. The van der Waals surface area contributed by atoms with Crippen molar-refractivity contribution in [2.45, 2.75) is 13.8 Å². The first kappa shape index (κ1) is 19.1. The monoisotopic (exact) mass is 342 g/mol. The van der Waals surface area contributed by atoms with Crippen LogP contribution in [0.25, 0.3) is 0 Å². The van der Waals surface area contributed by atoms with Crippen molar-refractivity contribution in [2.24, 2.45) is 0 Å². The Morgan fingerprint density at radius 3 is 2.70 bits per heavy atom. The Bertz CT molecular complexity index is 536. The minimum atomic E-state index is -0.305. The molecule has 0 unspecified atom stereocenters. The van der Waals surface area contributed by atoms with E-state index < -0.39 is 0 Å². The predicted octanol–water partition coefficient (Wildman–Crippen LogP) is 1.08. The molecule has 0 aliphatic rings. The van der Waals surface area contributed by atoms with Gasteiger partial charge in [0.15, 0.2) is 6.73 Å². The van der Waals surface area contributed by atoms with Gasteiger partial charge < -0.3 is 26.0 Å². The standard InChI is InChI=1S/C15H23ClN4O3/c1-3-20(4-2)6-5-19-15(22)11-7-12(16)13(17)8-14(11)23-10-18-9-21/h7-9H,3-6,10,17H2,1-2H3,(H,18,21)(H,19,22). The van der Waals surface area contributed by atoms with Crippen LogP contribution in [0.4, 0.5) is 5.69 Å². The van der Waals surface area contributed by atoms with Crippen molar-refractivity contribution >= 4 is 29.6 Å². The normalized spacial score (nSPS) is 10.4. The van der Waals surface area contributed by atoms with Crippen molar-refractivity contribution in [1.82, 2.24) is 15.5 Å². The van der Waals surface area contributed by atoms with Crippen molar-refractivity contribution in [3.8, 4) is 5.75 Å². The van der Waals surface area contributed by atoms with E-state index in [4.69, 9.17) is 22.1 Å². The van der Waals surface area contributed by atoms with Crippen LogP contribution < -0.4 is 21.1 Å². The van der Waals surface area contributed by atoms with E-state index in [1.54, 1.807) is 0 Å². The highest BCUT2D eigenvalue weighted by molar-refractivity contribution is 6.33. The zero-order chi connectivity index (χ0) is 17.2. The number of nitrogens with zero attached hydrogens (tertiary/aromatic N) is 1. The summed E-state index contributed by atoms with van der Waals surface area (Å²) in [5.74, 6) is -0.0400. The van der Waals surface area contributed by atoms with Crippen molar-refractivity contribution in [3.05, 3.63) is 22.7 Å². The number of hydrogen-bond donors (Lipinski definition) is 3. The molecular formula is C15H23ClN4O3. The lowest BCUT2D eigenvalue weighted by Crippen LogP contribution is -2.35. The summed E-state index contributed by atoms with van der Waals surface area (Å²) >= 11 is 5.98. The van der Waals surface area contributed by atoms with Gasteiger partial charge in [-0.25, -0.2) is 0 Å². The molecule has 0 atom stereocenters. The number of hydrogen-bond acceptors (Lipinski definition) is 5. The molecule has 0 fully saturated rings. The van der Waals surface area contributed by atoms with E-state index in [2.05, 4.69) is 29.4 Å². The Kier molecular flexibility index (Phi) is 8.21. The third-order valence-electron chi connectivity index (χ3n) is 3.35. The second kappa shape index (κ2) is 9.91. The average molecular weight is 343 g/mol. The van der Waals surface area contributed by atoms with Crippen LogP contribution in [0.2, 0.25) is 5.02 Å². The van der Waals surface area contributed by atoms with E-state index in [-0.39, 0.29) is 29.0 Å². The molecule has 4 N–H and O–H groups in total. The first-order valence-electron chi connectivity index (χ1n) is 7.42.